The molecular weight excluding hydrogens is 246 g/mol. The van der Waals surface area contributed by atoms with E-state index in [0.29, 0.717) is 31.2 Å². The predicted octanol–water partition coefficient (Wildman–Crippen LogP) is 1.77. The van der Waals surface area contributed by atoms with Gasteiger partial charge in [0, 0.05) is 13.1 Å². The summed E-state index contributed by atoms with van der Waals surface area (Å²) < 4.78 is 10.3. The van der Waals surface area contributed by atoms with Gasteiger partial charge in [0.25, 0.3) is 0 Å². The van der Waals surface area contributed by atoms with E-state index in [1.165, 1.54) is 0 Å². The molecule has 104 valence electrons. The van der Waals surface area contributed by atoms with Crippen molar-refractivity contribution < 1.29 is 13.9 Å². The molecule has 19 heavy (non-hydrogen) atoms. The van der Waals surface area contributed by atoms with Crippen LogP contribution in [0.15, 0.2) is 16.5 Å². The van der Waals surface area contributed by atoms with E-state index in [0.717, 1.165) is 0 Å². The van der Waals surface area contributed by atoms with Crippen LogP contribution in [0.3, 0.4) is 0 Å². The van der Waals surface area contributed by atoms with E-state index < -0.39 is 11.7 Å². The van der Waals surface area contributed by atoms with Crippen LogP contribution < -0.4 is 10.6 Å². The fourth-order valence-corrected chi connectivity index (χ4v) is 1.31. The zero-order valence-corrected chi connectivity index (χ0v) is 11.4. The standard InChI is InChI=1S/C13H19N3O3/c1-13(2,3)19-12(17)16-7-6-15-9-11-5-4-10(8-14)18-11/h4-5,15H,6-7,9H2,1-3H3,(H,16,17). The molecule has 0 saturated carbocycles. The van der Waals surface area contributed by atoms with Crippen molar-refractivity contribution in [3.8, 4) is 6.07 Å². The van der Waals surface area contributed by atoms with E-state index in [1.54, 1.807) is 12.1 Å². The number of ether oxygens (including phenoxy) is 1. The zero-order valence-electron chi connectivity index (χ0n) is 11.4. The highest BCUT2D eigenvalue weighted by Gasteiger charge is 2.15. The molecule has 1 aromatic heterocycles. The first-order valence-corrected chi connectivity index (χ1v) is 6.07. The molecule has 1 heterocycles. The number of hydrogen-bond acceptors (Lipinski definition) is 5. The van der Waals surface area contributed by atoms with Gasteiger partial charge in [-0.25, -0.2) is 4.79 Å². The number of nitrogens with one attached hydrogen (secondary N) is 2. The summed E-state index contributed by atoms with van der Waals surface area (Å²) in [5.74, 6) is 0.984. The smallest absolute Gasteiger partial charge is 0.407 e. The third-order valence-electron chi connectivity index (χ3n) is 2.04. The number of amides is 1. The highest BCUT2D eigenvalue weighted by molar-refractivity contribution is 5.67. The van der Waals surface area contributed by atoms with Crippen LogP contribution in [0.25, 0.3) is 0 Å². The molecule has 0 bridgehead atoms. The van der Waals surface area contributed by atoms with E-state index >= 15 is 0 Å². The molecule has 0 fully saturated rings. The number of hydrogen-bond donors (Lipinski definition) is 2. The van der Waals surface area contributed by atoms with Crippen LogP contribution in [-0.2, 0) is 11.3 Å². The van der Waals surface area contributed by atoms with Crippen LogP contribution >= 0.6 is 0 Å². The highest BCUT2D eigenvalue weighted by Crippen LogP contribution is 2.06. The monoisotopic (exact) mass is 265 g/mol. The van der Waals surface area contributed by atoms with Gasteiger partial charge in [-0.3, -0.25) is 0 Å². The maximum Gasteiger partial charge on any atom is 0.407 e. The molecule has 6 heteroatoms. The van der Waals surface area contributed by atoms with Gasteiger partial charge < -0.3 is 19.8 Å². The van der Waals surface area contributed by atoms with E-state index in [4.69, 9.17) is 14.4 Å². The topological polar surface area (TPSA) is 87.3 Å². The number of carbonyl (C=O) groups is 1. The van der Waals surface area contributed by atoms with Gasteiger partial charge in [0.1, 0.15) is 17.4 Å². The van der Waals surface area contributed by atoms with Crippen LogP contribution in [0.4, 0.5) is 4.79 Å². The Morgan fingerprint density at radius 3 is 2.74 bits per heavy atom. The lowest BCUT2D eigenvalue weighted by Crippen LogP contribution is -2.36. The molecule has 0 aromatic carbocycles. The van der Waals surface area contributed by atoms with Crippen molar-refractivity contribution in [3.63, 3.8) is 0 Å². The molecule has 0 atom stereocenters. The molecule has 6 nitrogen and oxygen atoms in total. The second-order valence-corrected chi connectivity index (χ2v) is 4.98. The Morgan fingerprint density at radius 1 is 1.42 bits per heavy atom. The van der Waals surface area contributed by atoms with Crippen molar-refractivity contribution in [2.45, 2.75) is 32.9 Å². The summed E-state index contributed by atoms with van der Waals surface area (Å²) in [7, 11) is 0. The van der Waals surface area contributed by atoms with E-state index in [-0.39, 0.29) is 0 Å². The summed E-state index contributed by atoms with van der Waals surface area (Å²) in [4.78, 5) is 11.3. The Bertz CT molecular complexity index is 454. The van der Waals surface area contributed by atoms with Crippen molar-refractivity contribution in [1.82, 2.24) is 10.6 Å². The molecule has 1 aromatic rings. The molecule has 0 aliphatic rings. The average molecular weight is 265 g/mol. The SMILES string of the molecule is CC(C)(C)OC(=O)NCCNCc1ccc(C#N)o1. The number of rotatable bonds is 5. The summed E-state index contributed by atoms with van der Waals surface area (Å²) in [6, 6.07) is 5.28. The highest BCUT2D eigenvalue weighted by atomic mass is 16.6. The van der Waals surface area contributed by atoms with Crippen molar-refractivity contribution in [2.24, 2.45) is 0 Å². The maximum absolute atomic E-state index is 11.3. The van der Waals surface area contributed by atoms with Gasteiger partial charge in [-0.05, 0) is 32.9 Å². The van der Waals surface area contributed by atoms with Crippen LogP contribution in [0, 0.1) is 11.3 Å². The lowest BCUT2D eigenvalue weighted by atomic mass is 10.2. The quantitative estimate of drug-likeness (QED) is 0.792. The third kappa shape index (κ3) is 6.48. The number of furan rings is 1. The molecular formula is C13H19N3O3. The number of alkyl carbamates (subject to hydrolysis) is 1. The van der Waals surface area contributed by atoms with Gasteiger partial charge in [-0.2, -0.15) is 5.26 Å². The molecule has 0 spiro atoms. The van der Waals surface area contributed by atoms with Crippen molar-refractivity contribution in [3.05, 3.63) is 23.7 Å². The van der Waals surface area contributed by atoms with Gasteiger partial charge in [0.05, 0.1) is 6.54 Å². The Balaban J connectivity index is 2.11. The minimum absolute atomic E-state index is 0.295. The molecule has 0 unspecified atom stereocenters. The first-order valence-electron chi connectivity index (χ1n) is 6.07. The van der Waals surface area contributed by atoms with Crippen LogP contribution in [0.2, 0.25) is 0 Å². The molecule has 0 aliphatic heterocycles. The second-order valence-electron chi connectivity index (χ2n) is 4.98. The van der Waals surface area contributed by atoms with Crippen molar-refractivity contribution in [1.29, 1.82) is 5.26 Å². The summed E-state index contributed by atoms with van der Waals surface area (Å²) in [6.45, 7) is 7.00. The molecule has 2 N–H and O–H groups in total. The summed E-state index contributed by atoms with van der Waals surface area (Å²) in [6.07, 6.45) is -0.431. The number of carbonyl (C=O) groups excluding carboxylic acids is 1. The van der Waals surface area contributed by atoms with Gasteiger partial charge in [-0.15, -0.1) is 0 Å². The van der Waals surface area contributed by atoms with Gasteiger partial charge >= 0.3 is 6.09 Å². The van der Waals surface area contributed by atoms with E-state index in [2.05, 4.69) is 10.6 Å². The predicted molar refractivity (Wildman–Crippen MR) is 69.4 cm³/mol. The fourth-order valence-electron chi connectivity index (χ4n) is 1.31. The fraction of sp³-hybridized carbons (Fsp3) is 0.538. The molecule has 0 saturated heterocycles. The molecule has 1 amide bonds. The van der Waals surface area contributed by atoms with Crippen LogP contribution in [0.5, 0.6) is 0 Å². The first-order chi connectivity index (χ1) is 8.90. The van der Waals surface area contributed by atoms with E-state index in [1.807, 2.05) is 26.8 Å². The second kappa shape index (κ2) is 6.81. The molecule has 0 radical (unpaired) electrons. The number of nitrogens with zero attached hydrogens (tertiary/aromatic N) is 1. The minimum atomic E-state index is -0.487. The van der Waals surface area contributed by atoms with Crippen molar-refractivity contribution >= 4 is 6.09 Å². The van der Waals surface area contributed by atoms with Crippen molar-refractivity contribution in [2.75, 3.05) is 13.1 Å². The van der Waals surface area contributed by atoms with E-state index in [9.17, 15) is 4.79 Å². The lowest BCUT2D eigenvalue weighted by molar-refractivity contribution is 0.0528. The van der Waals surface area contributed by atoms with Crippen LogP contribution in [0.1, 0.15) is 32.3 Å². The molecule has 1 rings (SSSR count). The Hall–Kier alpha value is -2.00. The third-order valence-corrected chi connectivity index (χ3v) is 2.04. The summed E-state index contributed by atoms with van der Waals surface area (Å²) in [5, 5.41) is 14.3. The van der Waals surface area contributed by atoms with Crippen LogP contribution in [-0.4, -0.2) is 24.8 Å². The zero-order chi connectivity index (χ0) is 14.3. The van der Waals surface area contributed by atoms with Gasteiger partial charge in [0.15, 0.2) is 0 Å². The largest absolute Gasteiger partial charge is 0.449 e. The average Bonchev–Trinajstić information content (AvgIpc) is 2.74. The Labute approximate surface area is 112 Å². The minimum Gasteiger partial charge on any atom is -0.449 e. The normalized spacial score (nSPS) is 10.8. The molecule has 0 aliphatic carbocycles. The Kier molecular flexibility index (Phi) is 5.39. The Morgan fingerprint density at radius 2 is 2.16 bits per heavy atom. The first kappa shape index (κ1) is 15.1. The summed E-state index contributed by atoms with van der Waals surface area (Å²) in [5.41, 5.74) is -0.487. The summed E-state index contributed by atoms with van der Waals surface area (Å²) >= 11 is 0. The van der Waals surface area contributed by atoms with Gasteiger partial charge in [0.2, 0.25) is 5.76 Å². The lowest BCUT2D eigenvalue weighted by Gasteiger charge is -2.19. The van der Waals surface area contributed by atoms with Gasteiger partial charge in [-0.1, -0.05) is 0 Å². The number of nitriles is 1. The maximum atomic E-state index is 11.3.